The molecule has 0 radical (unpaired) electrons. The maximum absolute atomic E-state index is 13.0. The summed E-state index contributed by atoms with van der Waals surface area (Å²) in [5, 5.41) is 2.87. The van der Waals surface area contributed by atoms with Crippen molar-refractivity contribution in [3.8, 4) is 5.75 Å². The number of benzene rings is 3. The van der Waals surface area contributed by atoms with Gasteiger partial charge in [-0.15, -0.1) is 0 Å². The van der Waals surface area contributed by atoms with Crippen LogP contribution in [-0.2, 0) is 16.4 Å². The van der Waals surface area contributed by atoms with Crippen LogP contribution in [0.1, 0.15) is 22.8 Å². The summed E-state index contributed by atoms with van der Waals surface area (Å²) in [6.45, 7) is 2.73. The summed E-state index contributed by atoms with van der Waals surface area (Å²) in [7, 11) is -3.63. The number of fused-ring (bicyclic) bond motifs is 1. The average molecular weight is 423 g/mol. The molecule has 6 nitrogen and oxygen atoms in total. The molecule has 0 fully saturated rings. The van der Waals surface area contributed by atoms with Crippen LogP contribution in [0.25, 0.3) is 0 Å². The number of carbonyl (C=O) groups excluding carboxylic acids is 1. The van der Waals surface area contributed by atoms with Gasteiger partial charge in [-0.25, -0.2) is 8.42 Å². The molecule has 3 aromatic carbocycles. The van der Waals surface area contributed by atoms with E-state index in [-0.39, 0.29) is 10.8 Å². The fourth-order valence-corrected chi connectivity index (χ4v) is 5.05. The van der Waals surface area contributed by atoms with Gasteiger partial charge in [0.1, 0.15) is 5.75 Å². The Bertz CT molecular complexity index is 1180. The molecule has 0 atom stereocenters. The van der Waals surface area contributed by atoms with Gasteiger partial charge in [0.25, 0.3) is 15.9 Å². The Hall–Kier alpha value is -3.32. The number of para-hydroxylation sites is 2. The highest BCUT2D eigenvalue weighted by atomic mass is 32.2. The first-order valence-corrected chi connectivity index (χ1v) is 11.2. The van der Waals surface area contributed by atoms with Crippen molar-refractivity contribution in [2.45, 2.75) is 18.2 Å². The van der Waals surface area contributed by atoms with Gasteiger partial charge in [0.05, 0.1) is 22.9 Å². The van der Waals surface area contributed by atoms with Gasteiger partial charge in [-0.2, -0.15) is 0 Å². The molecule has 7 heteroatoms. The summed E-state index contributed by atoms with van der Waals surface area (Å²) in [5.74, 6) is 0.337. The molecule has 4 rings (SSSR count). The van der Waals surface area contributed by atoms with E-state index in [1.165, 1.54) is 4.31 Å². The van der Waals surface area contributed by atoms with E-state index in [9.17, 15) is 13.2 Å². The van der Waals surface area contributed by atoms with Crippen molar-refractivity contribution < 1.29 is 17.9 Å². The van der Waals surface area contributed by atoms with Crippen LogP contribution in [0.5, 0.6) is 5.75 Å². The van der Waals surface area contributed by atoms with E-state index in [0.717, 1.165) is 5.56 Å². The lowest BCUT2D eigenvalue weighted by Gasteiger charge is -2.19. The van der Waals surface area contributed by atoms with Crippen LogP contribution in [0, 0.1) is 0 Å². The fraction of sp³-hybridized carbons (Fsp3) is 0.174. The quantitative estimate of drug-likeness (QED) is 0.649. The van der Waals surface area contributed by atoms with Crippen molar-refractivity contribution >= 4 is 27.3 Å². The van der Waals surface area contributed by atoms with Crippen molar-refractivity contribution in [2.75, 3.05) is 22.8 Å². The van der Waals surface area contributed by atoms with Gasteiger partial charge >= 0.3 is 0 Å². The lowest BCUT2D eigenvalue weighted by molar-refractivity contribution is 0.102. The molecule has 0 saturated carbocycles. The van der Waals surface area contributed by atoms with Crippen molar-refractivity contribution in [2.24, 2.45) is 0 Å². The van der Waals surface area contributed by atoms with Crippen LogP contribution in [-0.4, -0.2) is 27.5 Å². The molecule has 0 saturated heterocycles. The van der Waals surface area contributed by atoms with Crippen LogP contribution in [0.3, 0.4) is 0 Å². The Morgan fingerprint density at radius 2 is 1.77 bits per heavy atom. The summed E-state index contributed by atoms with van der Waals surface area (Å²) in [6, 6.07) is 20.7. The van der Waals surface area contributed by atoms with Gasteiger partial charge < -0.3 is 10.1 Å². The highest BCUT2D eigenvalue weighted by Crippen LogP contribution is 2.34. The minimum atomic E-state index is -3.63. The molecule has 0 unspecified atom stereocenters. The van der Waals surface area contributed by atoms with Crippen LogP contribution in [0.2, 0.25) is 0 Å². The van der Waals surface area contributed by atoms with Gasteiger partial charge in [-0.1, -0.05) is 30.3 Å². The first-order chi connectivity index (χ1) is 14.5. The van der Waals surface area contributed by atoms with Gasteiger partial charge in [0.15, 0.2) is 0 Å². The number of rotatable bonds is 6. The zero-order valence-electron chi connectivity index (χ0n) is 16.5. The predicted octanol–water partition coefficient (Wildman–Crippen LogP) is 4.09. The van der Waals surface area contributed by atoms with Crippen LogP contribution >= 0.6 is 0 Å². The Balaban J connectivity index is 1.58. The first kappa shape index (κ1) is 20.0. The van der Waals surface area contributed by atoms with E-state index in [0.29, 0.717) is 42.3 Å². The molecule has 30 heavy (non-hydrogen) atoms. The molecule has 1 amide bonds. The molecule has 1 N–H and O–H groups in total. The largest absolute Gasteiger partial charge is 0.492 e. The highest BCUT2D eigenvalue weighted by Gasteiger charge is 2.31. The number of nitrogens with one attached hydrogen (secondary N) is 1. The number of amides is 1. The van der Waals surface area contributed by atoms with E-state index < -0.39 is 10.0 Å². The number of ether oxygens (including phenoxy) is 1. The zero-order chi connectivity index (χ0) is 21.1. The molecule has 1 aliphatic rings. The molecular weight excluding hydrogens is 400 g/mol. The monoisotopic (exact) mass is 422 g/mol. The van der Waals surface area contributed by atoms with Crippen molar-refractivity contribution in [1.82, 2.24) is 0 Å². The minimum absolute atomic E-state index is 0.257. The fourth-order valence-electron chi connectivity index (χ4n) is 3.53. The first-order valence-electron chi connectivity index (χ1n) is 9.74. The number of hydrogen-bond acceptors (Lipinski definition) is 4. The molecule has 1 heterocycles. The number of hydrogen-bond donors (Lipinski definition) is 1. The summed E-state index contributed by atoms with van der Waals surface area (Å²) in [4.78, 5) is 13.0. The van der Waals surface area contributed by atoms with Gasteiger partial charge in [0, 0.05) is 12.1 Å². The van der Waals surface area contributed by atoms with Crippen LogP contribution in [0.4, 0.5) is 11.4 Å². The lowest BCUT2D eigenvalue weighted by atomic mass is 10.1. The molecule has 0 spiro atoms. The molecule has 3 aromatic rings. The summed E-state index contributed by atoms with van der Waals surface area (Å²) < 4.78 is 32.9. The average Bonchev–Trinajstić information content (AvgIpc) is 3.20. The van der Waals surface area contributed by atoms with E-state index in [1.807, 2.05) is 19.1 Å². The third kappa shape index (κ3) is 3.76. The highest BCUT2D eigenvalue weighted by molar-refractivity contribution is 7.92. The molecule has 0 bridgehead atoms. The normalized spacial score (nSPS) is 13.0. The number of carbonyl (C=O) groups is 1. The van der Waals surface area contributed by atoms with E-state index in [4.69, 9.17) is 4.74 Å². The maximum atomic E-state index is 13.0. The Morgan fingerprint density at radius 1 is 1.03 bits per heavy atom. The molecule has 1 aliphatic heterocycles. The van der Waals surface area contributed by atoms with Crippen molar-refractivity contribution in [3.63, 3.8) is 0 Å². The van der Waals surface area contributed by atoms with Crippen LogP contribution < -0.4 is 14.4 Å². The van der Waals surface area contributed by atoms with E-state index in [1.54, 1.807) is 60.7 Å². The topological polar surface area (TPSA) is 75.7 Å². The summed E-state index contributed by atoms with van der Waals surface area (Å²) >= 11 is 0. The molecular formula is C23H22N2O4S. The SMILES string of the molecule is CCOc1ccccc1NC(=O)c1ccc2c(c1)CCN2S(=O)(=O)c1ccccc1. The second kappa shape index (κ2) is 8.20. The van der Waals surface area contributed by atoms with Crippen molar-refractivity contribution in [3.05, 3.63) is 83.9 Å². The van der Waals surface area contributed by atoms with Gasteiger partial charge in [-0.3, -0.25) is 9.10 Å². The zero-order valence-corrected chi connectivity index (χ0v) is 17.4. The standard InChI is InChI=1S/C23H22N2O4S/c1-2-29-22-11-7-6-10-20(22)24-23(26)18-12-13-21-17(16-18)14-15-25(21)30(27,28)19-8-4-3-5-9-19/h3-13,16H,2,14-15H2,1H3,(H,24,26). The second-order valence-electron chi connectivity index (χ2n) is 6.87. The number of anilines is 2. The third-order valence-corrected chi connectivity index (χ3v) is 6.79. The van der Waals surface area contributed by atoms with Gasteiger partial charge in [0.2, 0.25) is 0 Å². The minimum Gasteiger partial charge on any atom is -0.492 e. The third-order valence-electron chi connectivity index (χ3n) is 4.96. The smallest absolute Gasteiger partial charge is 0.264 e. The van der Waals surface area contributed by atoms with Gasteiger partial charge in [-0.05, 0) is 61.4 Å². The number of sulfonamides is 1. The van der Waals surface area contributed by atoms with E-state index >= 15 is 0 Å². The van der Waals surface area contributed by atoms with Crippen molar-refractivity contribution in [1.29, 1.82) is 0 Å². The predicted molar refractivity (Wildman–Crippen MR) is 117 cm³/mol. The Kier molecular flexibility index (Phi) is 5.46. The Morgan fingerprint density at radius 3 is 2.53 bits per heavy atom. The van der Waals surface area contributed by atoms with E-state index in [2.05, 4.69) is 5.32 Å². The number of nitrogens with zero attached hydrogens (tertiary/aromatic N) is 1. The van der Waals surface area contributed by atoms with Crippen LogP contribution in [0.15, 0.2) is 77.7 Å². The summed E-state index contributed by atoms with van der Waals surface area (Å²) in [6.07, 6.45) is 0.554. The lowest BCUT2D eigenvalue weighted by Crippen LogP contribution is -2.29. The molecule has 0 aliphatic carbocycles. The molecule has 0 aromatic heterocycles. The summed E-state index contributed by atoms with van der Waals surface area (Å²) in [5.41, 5.74) is 2.52. The molecule has 154 valence electrons. The second-order valence-corrected chi connectivity index (χ2v) is 8.73. The Labute approximate surface area is 176 Å². The maximum Gasteiger partial charge on any atom is 0.264 e.